The highest BCUT2D eigenvalue weighted by Gasteiger charge is 2.22. The van der Waals surface area contributed by atoms with Crippen molar-refractivity contribution in [3.63, 3.8) is 0 Å². The van der Waals surface area contributed by atoms with E-state index in [1.165, 1.54) is 87.4 Å². The summed E-state index contributed by atoms with van der Waals surface area (Å²) < 4.78 is 9.45. The number of benzene rings is 16. The summed E-state index contributed by atoms with van der Waals surface area (Å²) in [6.45, 7) is 0. The lowest BCUT2D eigenvalue weighted by atomic mass is 10.0. The van der Waals surface area contributed by atoms with Gasteiger partial charge in [0.15, 0.2) is 34.9 Å². The van der Waals surface area contributed by atoms with Crippen LogP contribution in [0.2, 0.25) is 0 Å². The fourth-order valence-electron chi connectivity index (χ4n) is 16.3. The van der Waals surface area contributed by atoms with Gasteiger partial charge < -0.3 is 18.3 Å². The predicted octanol–water partition coefficient (Wildman–Crippen LogP) is 25.5. The van der Waals surface area contributed by atoms with Crippen LogP contribution >= 0.6 is 0 Å². The van der Waals surface area contributed by atoms with E-state index in [0.29, 0.717) is 34.9 Å². The Bertz CT molecular complexity index is 7220. The fraction of sp³-hybridized carbons (Fsp3) is 0. The van der Waals surface area contributed by atoms with E-state index in [4.69, 9.17) is 29.9 Å². The Morgan fingerprint density at radius 1 is 0.125 bits per heavy atom. The van der Waals surface area contributed by atoms with Crippen LogP contribution < -0.4 is 0 Å². The summed E-state index contributed by atoms with van der Waals surface area (Å²) in [6.07, 6.45) is 0. The van der Waals surface area contributed by atoms with Crippen molar-refractivity contribution in [1.29, 1.82) is 0 Å². The van der Waals surface area contributed by atoms with Gasteiger partial charge in [0.25, 0.3) is 0 Å². The molecular formula is C102H66N10. The number of hydrogen-bond acceptors (Lipinski definition) is 6. The quantitative estimate of drug-likeness (QED) is 0.121. The molecule has 0 bridgehead atoms. The van der Waals surface area contributed by atoms with Crippen molar-refractivity contribution in [3.05, 3.63) is 400 Å². The average Bonchev–Trinajstić information content (AvgIpc) is 1.59. The van der Waals surface area contributed by atoms with Crippen LogP contribution in [0.1, 0.15) is 0 Å². The highest BCUT2D eigenvalue weighted by Crippen LogP contribution is 2.42. The zero-order valence-electron chi connectivity index (χ0n) is 60.6. The zero-order valence-corrected chi connectivity index (χ0v) is 60.6. The molecule has 0 fully saturated rings. The maximum absolute atomic E-state index is 5.02. The van der Waals surface area contributed by atoms with Gasteiger partial charge in [-0.25, -0.2) is 29.9 Å². The summed E-state index contributed by atoms with van der Waals surface area (Å²) in [7, 11) is 0. The van der Waals surface area contributed by atoms with Crippen LogP contribution in [-0.2, 0) is 0 Å². The van der Waals surface area contributed by atoms with Crippen molar-refractivity contribution >= 4 is 87.2 Å². The Balaban J connectivity index is 0.000000141. The van der Waals surface area contributed by atoms with E-state index in [1.807, 2.05) is 121 Å². The Kier molecular flexibility index (Phi) is 16.0. The number of hydrogen-bond donors (Lipinski definition) is 0. The second-order valence-electron chi connectivity index (χ2n) is 28.2. The highest BCUT2D eigenvalue weighted by atomic mass is 15.1. The van der Waals surface area contributed by atoms with Crippen LogP contribution in [0.15, 0.2) is 400 Å². The van der Waals surface area contributed by atoms with E-state index in [1.54, 1.807) is 0 Å². The van der Waals surface area contributed by atoms with Gasteiger partial charge in [-0.05, 0) is 150 Å². The molecule has 10 heteroatoms. The zero-order chi connectivity index (χ0) is 74.0. The van der Waals surface area contributed by atoms with Gasteiger partial charge in [-0.3, -0.25) is 0 Å². The summed E-state index contributed by atoms with van der Waals surface area (Å²) in [5, 5.41) is 9.82. The minimum Gasteiger partial charge on any atom is -0.309 e. The lowest BCUT2D eigenvalue weighted by Crippen LogP contribution is -2.01. The van der Waals surface area contributed by atoms with Crippen LogP contribution in [0.25, 0.3) is 201 Å². The molecule has 16 aromatic carbocycles. The standard InChI is InChI=1S/2C51H33N5/c1-4-15-34(16-5-1)49-52-50(35-17-6-2-7-18-35)54-51(53-49)38-19-14-22-40(31-38)56-46-26-13-11-24-42(46)44-32-36(28-30-47(44)56)37-27-29-43-41-23-10-12-25-45(41)55(48(43)33-37)39-20-8-3-9-21-39;1-4-14-34(15-5-1)49-52-50(35-16-6-2-7-17-35)54-51(53-49)36-24-28-40(29-25-36)56-46-23-13-11-21-42(46)44-33-38(27-31-48(44)56)37-26-30-47-43(32-37)41-20-10-12-22-45(41)55(47)39-18-8-3-9-19-39/h2*1-33H. The van der Waals surface area contributed by atoms with Crippen LogP contribution in [0, 0.1) is 0 Å². The maximum atomic E-state index is 5.02. The molecule has 112 heavy (non-hydrogen) atoms. The molecule has 0 aliphatic carbocycles. The molecule has 524 valence electrons. The van der Waals surface area contributed by atoms with Crippen molar-refractivity contribution in [2.45, 2.75) is 0 Å². The minimum atomic E-state index is 0.630. The van der Waals surface area contributed by atoms with Crippen molar-refractivity contribution in [2.75, 3.05) is 0 Å². The first-order valence-electron chi connectivity index (χ1n) is 37.7. The van der Waals surface area contributed by atoms with E-state index < -0.39 is 0 Å². The molecule has 0 N–H and O–H groups in total. The summed E-state index contributed by atoms with van der Waals surface area (Å²) in [5.74, 6) is 3.86. The largest absolute Gasteiger partial charge is 0.309 e. The van der Waals surface area contributed by atoms with Crippen molar-refractivity contribution in [1.82, 2.24) is 48.2 Å². The van der Waals surface area contributed by atoms with E-state index in [0.717, 1.165) is 78.2 Å². The van der Waals surface area contributed by atoms with E-state index in [2.05, 4.69) is 297 Å². The van der Waals surface area contributed by atoms with Gasteiger partial charge >= 0.3 is 0 Å². The molecule has 0 amide bonds. The lowest BCUT2D eigenvalue weighted by Gasteiger charge is -2.12. The molecule has 0 radical (unpaired) electrons. The molecule has 0 unspecified atom stereocenters. The highest BCUT2D eigenvalue weighted by molar-refractivity contribution is 6.15. The molecule has 0 saturated heterocycles. The Morgan fingerprint density at radius 2 is 0.357 bits per heavy atom. The number of aromatic nitrogens is 10. The number of rotatable bonds is 12. The lowest BCUT2D eigenvalue weighted by molar-refractivity contribution is 1.07. The van der Waals surface area contributed by atoms with Crippen LogP contribution in [-0.4, -0.2) is 48.2 Å². The Hall–Kier alpha value is -15.3. The van der Waals surface area contributed by atoms with Gasteiger partial charge in [-0.15, -0.1) is 0 Å². The second kappa shape index (κ2) is 27.5. The topological polar surface area (TPSA) is 97.1 Å². The summed E-state index contributed by atoms with van der Waals surface area (Å²) in [4.78, 5) is 29.7. The smallest absolute Gasteiger partial charge is 0.164 e. The third-order valence-electron chi connectivity index (χ3n) is 21.5. The first-order chi connectivity index (χ1) is 55.5. The molecule has 0 spiro atoms. The van der Waals surface area contributed by atoms with E-state index in [-0.39, 0.29) is 0 Å². The van der Waals surface area contributed by atoms with Gasteiger partial charge in [0.1, 0.15) is 0 Å². The predicted molar refractivity (Wildman–Crippen MR) is 460 cm³/mol. The molecule has 0 atom stereocenters. The van der Waals surface area contributed by atoms with Crippen molar-refractivity contribution in [2.24, 2.45) is 0 Å². The fourth-order valence-corrected chi connectivity index (χ4v) is 16.3. The molecule has 0 saturated carbocycles. The van der Waals surface area contributed by atoms with Gasteiger partial charge in [-0.1, -0.05) is 273 Å². The van der Waals surface area contributed by atoms with Crippen LogP contribution in [0.5, 0.6) is 0 Å². The Morgan fingerprint density at radius 3 is 0.732 bits per heavy atom. The summed E-state index contributed by atoms with van der Waals surface area (Å²) >= 11 is 0. The molecule has 0 aliphatic rings. The van der Waals surface area contributed by atoms with Crippen molar-refractivity contribution in [3.8, 4) is 113 Å². The molecule has 6 heterocycles. The summed E-state index contributed by atoms with van der Waals surface area (Å²) in [5.41, 5.74) is 24.2. The van der Waals surface area contributed by atoms with Crippen LogP contribution in [0.4, 0.5) is 0 Å². The van der Waals surface area contributed by atoms with E-state index >= 15 is 0 Å². The SMILES string of the molecule is c1ccc(-c2nc(-c3ccccc3)nc(-c3ccc(-n4c5ccccc5c5cc(-c6ccc7c(c6)c6ccccc6n7-c6ccccc6)ccc54)cc3)n2)cc1.c1ccc(-c2nc(-c3ccccc3)nc(-c3cccc(-n4c5ccccc5c5cc(-c6ccc7c8ccccc8n(-c8ccccc8)c7c6)ccc54)c3)n2)cc1. The molecule has 0 aliphatic heterocycles. The first kappa shape index (κ1) is 65.1. The normalized spacial score (nSPS) is 11.6. The van der Waals surface area contributed by atoms with Gasteiger partial charge in [0, 0.05) is 99.2 Å². The third kappa shape index (κ3) is 11.5. The monoisotopic (exact) mass is 1430 g/mol. The van der Waals surface area contributed by atoms with E-state index in [9.17, 15) is 0 Å². The van der Waals surface area contributed by atoms with Crippen molar-refractivity contribution < 1.29 is 0 Å². The average molecular weight is 1430 g/mol. The van der Waals surface area contributed by atoms with Gasteiger partial charge in [-0.2, -0.15) is 0 Å². The maximum Gasteiger partial charge on any atom is 0.164 e. The number of fused-ring (bicyclic) bond motifs is 12. The molecule has 22 rings (SSSR count). The molecule has 6 aromatic heterocycles. The minimum absolute atomic E-state index is 0.630. The first-order valence-corrected chi connectivity index (χ1v) is 37.7. The van der Waals surface area contributed by atoms with Gasteiger partial charge in [0.05, 0.1) is 44.1 Å². The van der Waals surface area contributed by atoms with Crippen LogP contribution in [0.3, 0.4) is 0 Å². The number of nitrogens with zero attached hydrogens (tertiary/aromatic N) is 10. The second-order valence-corrected chi connectivity index (χ2v) is 28.2. The Labute approximate surface area is 645 Å². The molecular weight excluding hydrogens is 1370 g/mol. The third-order valence-corrected chi connectivity index (χ3v) is 21.5. The molecule has 22 aromatic rings. The molecule has 10 nitrogen and oxygen atoms in total. The summed E-state index contributed by atoms with van der Waals surface area (Å²) in [6, 6.07) is 141. The van der Waals surface area contributed by atoms with Gasteiger partial charge in [0.2, 0.25) is 0 Å². The number of para-hydroxylation sites is 6.